The molecule has 1 heterocycles. The Morgan fingerprint density at radius 1 is 1.47 bits per heavy atom. The number of thiazole rings is 1. The van der Waals surface area contributed by atoms with Gasteiger partial charge in [0.1, 0.15) is 5.75 Å². The fourth-order valence-corrected chi connectivity index (χ4v) is 1.79. The first-order chi connectivity index (χ1) is 8.40. The molecule has 0 aliphatic carbocycles. The second-order valence-corrected chi connectivity index (χ2v) is 4.07. The zero-order chi connectivity index (χ0) is 11.9. The van der Waals surface area contributed by atoms with Crippen molar-refractivity contribution in [2.75, 3.05) is 12.0 Å². The number of hydrogen-bond donors (Lipinski definition) is 1. The van der Waals surface area contributed by atoms with Crippen LogP contribution < -0.4 is 10.2 Å². The van der Waals surface area contributed by atoms with Crippen LogP contribution in [0.2, 0.25) is 0 Å². The van der Waals surface area contributed by atoms with Crippen molar-refractivity contribution in [1.82, 2.24) is 4.98 Å². The molecule has 0 radical (unpaired) electrons. The van der Waals surface area contributed by atoms with E-state index in [1.165, 1.54) is 11.3 Å². The normalized spacial score (nSPS) is 10.6. The van der Waals surface area contributed by atoms with Gasteiger partial charge in [-0.25, -0.2) is 4.98 Å². The van der Waals surface area contributed by atoms with Gasteiger partial charge in [0.05, 0.1) is 12.8 Å². The molecule has 0 unspecified atom stereocenters. The number of nitrogens with one attached hydrogen (secondary N) is 1. The largest absolute Gasteiger partial charge is 0.493 e. The standard InChI is InChI=1S/C12H13N3OS/c1-2-16-11-6-4-3-5-10(11)9-14-15-12-13-7-8-17-12/h3-9H,2H2,1H3,(H,13,15)/b14-9-. The van der Waals surface area contributed by atoms with E-state index in [-0.39, 0.29) is 0 Å². The predicted molar refractivity (Wildman–Crippen MR) is 70.9 cm³/mol. The fourth-order valence-electron chi connectivity index (χ4n) is 1.31. The van der Waals surface area contributed by atoms with Crippen molar-refractivity contribution in [1.29, 1.82) is 0 Å². The maximum atomic E-state index is 5.49. The highest BCUT2D eigenvalue weighted by Crippen LogP contribution is 2.16. The molecule has 0 atom stereocenters. The summed E-state index contributed by atoms with van der Waals surface area (Å²) in [7, 11) is 0. The maximum Gasteiger partial charge on any atom is 0.203 e. The molecule has 4 nitrogen and oxygen atoms in total. The van der Waals surface area contributed by atoms with E-state index >= 15 is 0 Å². The second-order valence-electron chi connectivity index (χ2n) is 3.18. The number of hydrogen-bond acceptors (Lipinski definition) is 5. The molecule has 1 aromatic carbocycles. The van der Waals surface area contributed by atoms with Crippen LogP contribution in [0.5, 0.6) is 5.75 Å². The zero-order valence-corrected chi connectivity index (χ0v) is 10.3. The number of ether oxygens (including phenoxy) is 1. The summed E-state index contributed by atoms with van der Waals surface area (Å²) in [6, 6.07) is 7.77. The lowest BCUT2D eigenvalue weighted by Gasteiger charge is -2.05. The third-order valence-electron chi connectivity index (χ3n) is 2.01. The summed E-state index contributed by atoms with van der Waals surface area (Å²) in [5, 5.41) is 6.79. The number of benzene rings is 1. The molecule has 0 bridgehead atoms. The lowest BCUT2D eigenvalue weighted by molar-refractivity contribution is 0.340. The molecule has 17 heavy (non-hydrogen) atoms. The van der Waals surface area contributed by atoms with Gasteiger partial charge < -0.3 is 4.74 Å². The van der Waals surface area contributed by atoms with E-state index in [0.29, 0.717) is 6.61 Å². The number of nitrogens with zero attached hydrogens (tertiary/aromatic N) is 2. The first-order valence-corrected chi connectivity index (χ1v) is 6.18. The Morgan fingerprint density at radius 3 is 3.12 bits per heavy atom. The molecule has 2 rings (SSSR count). The Balaban J connectivity index is 2.04. The molecule has 1 N–H and O–H groups in total. The number of para-hydroxylation sites is 1. The molecule has 0 aliphatic rings. The van der Waals surface area contributed by atoms with Crippen LogP contribution in [-0.2, 0) is 0 Å². The first kappa shape index (κ1) is 11.6. The number of anilines is 1. The molecule has 0 saturated carbocycles. The van der Waals surface area contributed by atoms with Gasteiger partial charge in [0.15, 0.2) is 0 Å². The van der Waals surface area contributed by atoms with E-state index in [1.807, 2.05) is 36.6 Å². The quantitative estimate of drug-likeness (QED) is 0.652. The summed E-state index contributed by atoms with van der Waals surface area (Å²) in [5.41, 5.74) is 3.81. The second kappa shape index (κ2) is 6.00. The van der Waals surface area contributed by atoms with E-state index in [1.54, 1.807) is 12.4 Å². The topological polar surface area (TPSA) is 46.5 Å². The minimum Gasteiger partial charge on any atom is -0.493 e. The molecular formula is C12H13N3OS. The van der Waals surface area contributed by atoms with Gasteiger partial charge in [0.25, 0.3) is 0 Å². The Morgan fingerprint density at radius 2 is 2.35 bits per heavy atom. The van der Waals surface area contributed by atoms with Crippen molar-refractivity contribution in [2.24, 2.45) is 5.10 Å². The average Bonchev–Trinajstić information content (AvgIpc) is 2.85. The van der Waals surface area contributed by atoms with E-state index < -0.39 is 0 Å². The van der Waals surface area contributed by atoms with Gasteiger partial charge in [-0.1, -0.05) is 12.1 Å². The van der Waals surface area contributed by atoms with Gasteiger partial charge in [-0.3, -0.25) is 5.43 Å². The monoisotopic (exact) mass is 247 g/mol. The summed E-state index contributed by atoms with van der Waals surface area (Å²) < 4.78 is 5.49. The van der Waals surface area contributed by atoms with Gasteiger partial charge in [-0.05, 0) is 19.1 Å². The van der Waals surface area contributed by atoms with E-state index in [2.05, 4.69) is 15.5 Å². The van der Waals surface area contributed by atoms with E-state index in [0.717, 1.165) is 16.4 Å². The molecule has 0 amide bonds. The molecule has 0 saturated heterocycles. The van der Waals surface area contributed by atoms with Crippen LogP contribution in [-0.4, -0.2) is 17.8 Å². The maximum absolute atomic E-state index is 5.49. The summed E-state index contributed by atoms with van der Waals surface area (Å²) in [5.74, 6) is 0.833. The Hall–Kier alpha value is -1.88. The summed E-state index contributed by atoms with van der Waals surface area (Å²) >= 11 is 1.51. The summed E-state index contributed by atoms with van der Waals surface area (Å²) in [4.78, 5) is 4.07. The average molecular weight is 247 g/mol. The van der Waals surface area contributed by atoms with Gasteiger partial charge in [-0.15, -0.1) is 11.3 Å². The Bertz CT molecular complexity index is 482. The Kier molecular flexibility index (Phi) is 4.10. The molecule has 2 aromatic rings. The molecular weight excluding hydrogens is 234 g/mol. The van der Waals surface area contributed by atoms with Crippen LogP contribution in [0.4, 0.5) is 5.13 Å². The molecule has 0 aliphatic heterocycles. The number of rotatable bonds is 5. The third-order valence-corrected chi connectivity index (χ3v) is 2.69. The zero-order valence-electron chi connectivity index (χ0n) is 9.46. The molecule has 0 spiro atoms. The highest BCUT2D eigenvalue weighted by atomic mass is 32.1. The van der Waals surface area contributed by atoms with Crippen LogP contribution in [0.25, 0.3) is 0 Å². The summed E-state index contributed by atoms with van der Waals surface area (Å²) in [6.07, 6.45) is 3.46. The van der Waals surface area contributed by atoms with Crippen LogP contribution in [0, 0.1) is 0 Å². The smallest absolute Gasteiger partial charge is 0.203 e. The highest BCUT2D eigenvalue weighted by Gasteiger charge is 1.98. The van der Waals surface area contributed by atoms with Crippen molar-refractivity contribution in [3.05, 3.63) is 41.4 Å². The number of aromatic nitrogens is 1. The number of hydrazone groups is 1. The van der Waals surface area contributed by atoms with Crippen molar-refractivity contribution < 1.29 is 4.74 Å². The Labute approximate surface area is 104 Å². The van der Waals surface area contributed by atoms with Crippen molar-refractivity contribution in [3.8, 4) is 5.75 Å². The van der Waals surface area contributed by atoms with Crippen molar-refractivity contribution >= 4 is 22.7 Å². The van der Waals surface area contributed by atoms with Crippen LogP contribution >= 0.6 is 11.3 Å². The lowest BCUT2D eigenvalue weighted by atomic mass is 10.2. The SMILES string of the molecule is CCOc1ccccc1/C=N\Nc1nccs1. The van der Waals surface area contributed by atoms with Crippen LogP contribution in [0.15, 0.2) is 40.9 Å². The van der Waals surface area contributed by atoms with Gasteiger partial charge in [0.2, 0.25) is 5.13 Å². The van der Waals surface area contributed by atoms with E-state index in [9.17, 15) is 0 Å². The van der Waals surface area contributed by atoms with E-state index in [4.69, 9.17) is 4.74 Å². The molecule has 88 valence electrons. The van der Waals surface area contributed by atoms with Gasteiger partial charge in [0, 0.05) is 17.1 Å². The third kappa shape index (κ3) is 3.29. The lowest BCUT2D eigenvalue weighted by Crippen LogP contribution is -1.96. The molecule has 1 aromatic heterocycles. The van der Waals surface area contributed by atoms with Gasteiger partial charge >= 0.3 is 0 Å². The minimum absolute atomic E-state index is 0.644. The predicted octanol–water partition coefficient (Wildman–Crippen LogP) is 2.99. The van der Waals surface area contributed by atoms with Crippen molar-refractivity contribution in [3.63, 3.8) is 0 Å². The minimum atomic E-state index is 0.644. The van der Waals surface area contributed by atoms with Crippen molar-refractivity contribution in [2.45, 2.75) is 6.92 Å². The van der Waals surface area contributed by atoms with Crippen LogP contribution in [0.3, 0.4) is 0 Å². The fraction of sp³-hybridized carbons (Fsp3) is 0.167. The van der Waals surface area contributed by atoms with Crippen LogP contribution in [0.1, 0.15) is 12.5 Å². The highest BCUT2D eigenvalue weighted by molar-refractivity contribution is 7.13. The summed E-state index contributed by atoms with van der Waals surface area (Å²) in [6.45, 7) is 2.60. The molecule has 0 fully saturated rings. The van der Waals surface area contributed by atoms with Gasteiger partial charge in [-0.2, -0.15) is 5.10 Å². The first-order valence-electron chi connectivity index (χ1n) is 5.30. The molecule has 5 heteroatoms.